The van der Waals surface area contributed by atoms with E-state index in [0.29, 0.717) is 25.1 Å². The van der Waals surface area contributed by atoms with Gasteiger partial charge in [-0.2, -0.15) is 21.6 Å². The second kappa shape index (κ2) is 9.80. The van der Waals surface area contributed by atoms with Crippen molar-refractivity contribution in [2.45, 2.75) is 36.7 Å². The van der Waals surface area contributed by atoms with Gasteiger partial charge in [0.25, 0.3) is 10.0 Å². The minimum Gasteiger partial charge on any atom is -0.390 e. The smallest absolute Gasteiger partial charge is 0.390 e. The molecule has 1 fully saturated rings. The number of hydrogen-bond acceptors (Lipinski definition) is 7. The number of rotatable bonds is 6. The standard InChI is InChI=1S/C23H24F3N5O3S/c1-14-5-2-3-6-15(14)22-16(23(24,25)26)9-10-20(30-22)31-35(33,34)21-8-4-7-19(29-21)28-17-11-12-27-13-18(17)32/h2-10,17-18,27,32H,11-13H2,1H3,(H,28,29)(H,30,31)/t17-,18-/m1/s1. The highest BCUT2D eigenvalue weighted by Crippen LogP contribution is 2.38. The Morgan fingerprint density at radius 2 is 1.80 bits per heavy atom. The molecule has 1 aliphatic heterocycles. The molecule has 3 aromatic rings. The summed E-state index contributed by atoms with van der Waals surface area (Å²) in [5.74, 6) is -0.0232. The van der Waals surface area contributed by atoms with Crippen LogP contribution in [0.3, 0.4) is 0 Å². The Morgan fingerprint density at radius 3 is 2.51 bits per heavy atom. The van der Waals surface area contributed by atoms with Crippen LogP contribution >= 0.6 is 0 Å². The highest BCUT2D eigenvalue weighted by molar-refractivity contribution is 7.92. The topological polar surface area (TPSA) is 116 Å². The third-order valence-electron chi connectivity index (χ3n) is 5.62. The van der Waals surface area contributed by atoms with E-state index in [2.05, 4.69) is 25.3 Å². The molecule has 12 heteroatoms. The van der Waals surface area contributed by atoms with Crippen molar-refractivity contribution in [1.82, 2.24) is 15.3 Å². The number of sulfonamides is 1. The van der Waals surface area contributed by atoms with Crippen LogP contribution in [0.25, 0.3) is 11.3 Å². The molecule has 35 heavy (non-hydrogen) atoms. The number of pyridine rings is 2. The van der Waals surface area contributed by atoms with Gasteiger partial charge in [0.1, 0.15) is 11.6 Å². The van der Waals surface area contributed by atoms with Gasteiger partial charge in [-0.1, -0.05) is 30.3 Å². The summed E-state index contributed by atoms with van der Waals surface area (Å²) in [4.78, 5) is 8.13. The fourth-order valence-corrected chi connectivity index (χ4v) is 4.79. The van der Waals surface area contributed by atoms with Crippen LogP contribution in [0.4, 0.5) is 24.8 Å². The second-order valence-corrected chi connectivity index (χ2v) is 9.81. The van der Waals surface area contributed by atoms with Gasteiger partial charge in [-0.15, -0.1) is 0 Å². The van der Waals surface area contributed by atoms with Gasteiger partial charge in [0.05, 0.1) is 23.4 Å². The maximum absolute atomic E-state index is 13.6. The monoisotopic (exact) mass is 507 g/mol. The maximum Gasteiger partial charge on any atom is 0.418 e. The number of aliphatic hydroxyl groups excluding tert-OH is 1. The Hall–Kier alpha value is -3.22. The SMILES string of the molecule is Cc1ccccc1-c1nc(NS(=O)(=O)c2cccc(N[C@@H]3CCNC[C@H]3O)n2)ccc1C(F)(F)F. The average Bonchev–Trinajstić information content (AvgIpc) is 2.80. The number of aliphatic hydroxyl groups is 1. The molecule has 1 aromatic carbocycles. The number of aryl methyl sites for hydroxylation is 1. The molecule has 1 saturated heterocycles. The van der Waals surface area contributed by atoms with Gasteiger partial charge in [0.2, 0.25) is 0 Å². The Kier molecular flexibility index (Phi) is 6.97. The number of nitrogens with one attached hydrogen (secondary N) is 3. The van der Waals surface area contributed by atoms with Crippen LogP contribution in [0.1, 0.15) is 17.5 Å². The highest BCUT2D eigenvalue weighted by atomic mass is 32.2. The predicted molar refractivity (Wildman–Crippen MR) is 125 cm³/mol. The van der Waals surface area contributed by atoms with E-state index in [-0.39, 0.29) is 34.0 Å². The summed E-state index contributed by atoms with van der Waals surface area (Å²) in [7, 11) is -4.27. The number of piperidine rings is 1. The highest BCUT2D eigenvalue weighted by Gasteiger charge is 2.35. The summed E-state index contributed by atoms with van der Waals surface area (Å²) in [5, 5.41) is 15.8. The first-order valence-corrected chi connectivity index (χ1v) is 12.3. The zero-order valence-corrected chi connectivity index (χ0v) is 19.5. The Balaban J connectivity index is 1.64. The zero-order valence-electron chi connectivity index (χ0n) is 18.7. The van der Waals surface area contributed by atoms with Gasteiger partial charge in [0.15, 0.2) is 5.03 Å². The maximum atomic E-state index is 13.6. The molecular formula is C23H24F3N5O3S. The molecular weight excluding hydrogens is 483 g/mol. The van der Waals surface area contributed by atoms with E-state index < -0.39 is 27.9 Å². The van der Waals surface area contributed by atoms with Crippen LogP contribution in [0.2, 0.25) is 0 Å². The summed E-state index contributed by atoms with van der Waals surface area (Å²) in [6.45, 7) is 2.74. The van der Waals surface area contributed by atoms with Gasteiger partial charge in [0, 0.05) is 12.1 Å². The van der Waals surface area contributed by atoms with E-state index in [0.717, 1.165) is 12.1 Å². The third kappa shape index (κ3) is 5.72. The van der Waals surface area contributed by atoms with Crippen molar-refractivity contribution in [2.24, 2.45) is 0 Å². The summed E-state index contributed by atoms with van der Waals surface area (Å²) in [6.07, 6.45) is -4.72. The molecule has 186 valence electrons. The molecule has 2 aromatic heterocycles. The average molecular weight is 508 g/mol. The number of benzene rings is 1. The van der Waals surface area contributed by atoms with E-state index in [9.17, 15) is 26.7 Å². The largest absolute Gasteiger partial charge is 0.418 e. The van der Waals surface area contributed by atoms with Crippen molar-refractivity contribution >= 4 is 21.7 Å². The summed E-state index contributed by atoms with van der Waals surface area (Å²) >= 11 is 0. The Labute approximate surface area is 200 Å². The molecule has 0 spiro atoms. The Morgan fingerprint density at radius 1 is 1.03 bits per heavy atom. The first kappa shape index (κ1) is 24.9. The molecule has 0 radical (unpaired) electrons. The van der Waals surface area contributed by atoms with Crippen molar-refractivity contribution in [3.8, 4) is 11.3 Å². The molecule has 2 atom stereocenters. The van der Waals surface area contributed by atoms with E-state index >= 15 is 0 Å². The van der Waals surface area contributed by atoms with Crippen molar-refractivity contribution in [3.05, 3.63) is 65.7 Å². The van der Waals surface area contributed by atoms with Crippen LogP contribution in [0.15, 0.2) is 59.6 Å². The Bertz CT molecular complexity index is 1320. The van der Waals surface area contributed by atoms with Crippen LogP contribution in [-0.2, 0) is 16.2 Å². The van der Waals surface area contributed by atoms with Crippen molar-refractivity contribution < 1.29 is 26.7 Å². The van der Waals surface area contributed by atoms with E-state index in [1.54, 1.807) is 31.2 Å². The summed E-state index contributed by atoms with van der Waals surface area (Å²) in [6, 6.07) is 12.2. The molecule has 0 aliphatic carbocycles. The van der Waals surface area contributed by atoms with Crippen LogP contribution in [0.5, 0.6) is 0 Å². The number of β-amino-alcohol motifs (C(OH)–C–C–N with tert-alkyl or cyclic N) is 1. The number of nitrogens with zero attached hydrogens (tertiary/aromatic N) is 2. The van der Waals surface area contributed by atoms with Crippen LogP contribution < -0.4 is 15.4 Å². The van der Waals surface area contributed by atoms with Gasteiger partial charge in [-0.3, -0.25) is 4.72 Å². The lowest BCUT2D eigenvalue weighted by Gasteiger charge is -2.29. The molecule has 1 aliphatic rings. The number of alkyl halides is 3. The summed E-state index contributed by atoms with van der Waals surface area (Å²) < 4.78 is 69.1. The third-order valence-corrected chi connectivity index (χ3v) is 6.88. The first-order chi connectivity index (χ1) is 16.5. The van der Waals surface area contributed by atoms with Crippen molar-refractivity contribution in [3.63, 3.8) is 0 Å². The normalized spacial score (nSPS) is 18.8. The lowest BCUT2D eigenvalue weighted by molar-refractivity contribution is -0.137. The lowest BCUT2D eigenvalue weighted by atomic mass is 10.0. The van der Waals surface area contributed by atoms with Crippen LogP contribution in [0, 0.1) is 6.92 Å². The van der Waals surface area contributed by atoms with Gasteiger partial charge in [-0.05, 0) is 49.7 Å². The number of anilines is 2. The van der Waals surface area contributed by atoms with Crippen LogP contribution in [-0.4, -0.2) is 48.7 Å². The predicted octanol–water partition coefficient (Wildman–Crippen LogP) is 3.41. The number of hydrogen-bond donors (Lipinski definition) is 4. The fraction of sp³-hybridized carbons (Fsp3) is 0.304. The molecule has 0 unspecified atom stereocenters. The van der Waals surface area contributed by atoms with E-state index in [1.165, 1.54) is 18.2 Å². The molecule has 4 rings (SSSR count). The second-order valence-electron chi connectivity index (χ2n) is 8.18. The fourth-order valence-electron chi connectivity index (χ4n) is 3.82. The summed E-state index contributed by atoms with van der Waals surface area (Å²) in [5.41, 5.74) is -0.546. The van der Waals surface area contributed by atoms with E-state index in [1.807, 2.05) is 0 Å². The number of halogens is 3. The lowest BCUT2D eigenvalue weighted by Crippen LogP contribution is -2.47. The van der Waals surface area contributed by atoms with Gasteiger partial charge in [-0.25, -0.2) is 9.97 Å². The number of aromatic nitrogens is 2. The molecule has 4 N–H and O–H groups in total. The quantitative estimate of drug-likeness (QED) is 0.404. The van der Waals surface area contributed by atoms with Crippen molar-refractivity contribution in [1.29, 1.82) is 0 Å². The van der Waals surface area contributed by atoms with Gasteiger partial charge >= 0.3 is 6.18 Å². The minimum absolute atomic E-state index is 0.241. The first-order valence-electron chi connectivity index (χ1n) is 10.8. The molecule has 3 heterocycles. The molecule has 0 amide bonds. The van der Waals surface area contributed by atoms with Gasteiger partial charge < -0.3 is 15.7 Å². The minimum atomic E-state index is -4.68. The van der Waals surface area contributed by atoms with Crippen molar-refractivity contribution in [2.75, 3.05) is 23.1 Å². The van der Waals surface area contributed by atoms with E-state index in [4.69, 9.17) is 0 Å². The molecule has 0 saturated carbocycles. The zero-order chi connectivity index (χ0) is 25.2. The molecule has 0 bridgehead atoms. The molecule has 8 nitrogen and oxygen atoms in total.